The topological polar surface area (TPSA) is 64.3 Å². The van der Waals surface area contributed by atoms with Gasteiger partial charge < -0.3 is 15.8 Å². The van der Waals surface area contributed by atoms with Crippen LogP contribution in [0.25, 0.3) is 0 Å². The van der Waals surface area contributed by atoms with Crippen LogP contribution in [0.4, 0.5) is 0 Å². The van der Waals surface area contributed by atoms with Gasteiger partial charge in [-0.05, 0) is 30.5 Å². The smallest absolute Gasteiger partial charge is 0.223 e. The van der Waals surface area contributed by atoms with Gasteiger partial charge in [0.25, 0.3) is 0 Å². The SMILES string of the molecule is CC(CN)NC(=O)CCOc1ccc(C(C)C)cc1. The van der Waals surface area contributed by atoms with E-state index in [1.165, 1.54) is 5.56 Å². The molecule has 1 rings (SSSR count). The van der Waals surface area contributed by atoms with Gasteiger partial charge in [0, 0.05) is 12.6 Å². The molecule has 1 unspecified atom stereocenters. The minimum absolute atomic E-state index is 0.0119. The van der Waals surface area contributed by atoms with Crippen molar-refractivity contribution < 1.29 is 9.53 Å². The number of nitrogens with two attached hydrogens (primary N) is 1. The zero-order valence-corrected chi connectivity index (χ0v) is 12.0. The van der Waals surface area contributed by atoms with Crippen molar-refractivity contribution in [1.29, 1.82) is 0 Å². The minimum atomic E-state index is -0.0308. The second-order valence-electron chi connectivity index (χ2n) is 5.03. The summed E-state index contributed by atoms with van der Waals surface area (Å²) in [6.07, 6.45) is 0.344. The molecule has 1 aromatic carbocycles. The number of hydrogen-bond acceptors (Lipinski definition) is 3. The third kappa shape index (κ3) is 5.75. The van der Waals surface area contributed by atoms with Gasteiger partial charge in [0.15, 0.2) is 0 Å². The first-order valence-corrected chi connectivity index (χ1v) is 6.75. The Kier molecular flexibility index (Phi) is 6.36. The van der Waals surface area contributed by atoms with Crippen LogP contribution >= 0.6 is 0 Å². The highest BCUT2D eigenvalue weighted by molar-refractivity contribution is 5.76. The van der Waals surface area contributed by atoms with Crippen LogP contribution in [0.15, 0.2) is 24.3 Å². The first kappa shape index (κ1) is 15.5. The maximum Gasteiger partial charge on any atom is 0.223 e. The van der Waals surface area contributed by atoms with E-state index in [-0.39, 0.29) is 11.9 Å². The quantitative estimate of drug-likeness (QED) is 0.792. The van der Waals surface area contributed by atoms with Crippen molar-refractivity contribution in [3.63, 3.8) is 0 Å². The fourth-order valence-electron chi connectivity index (χ4n) is 1.62. The molecule has 0 spiro atoms. The van der Waals surface area contributed by atoms with Gasteiger partial charge in [0.2, 0.25) is 5.91 Å². The van der Waals surface area contributed by atoms with Crippen molar-refractivity contribution in [2.24, 2.45) is 5.73 Å². The third-order valence-corrected chi connectivity index (χ3v) is 2.91. The molecule has 0 aliphatic carbocycles. The molecule has 0 aliphatic heterocycles. The molecule has 1 aromatic rings. The fraction of sp³-hybridized carbons (Fsp3) is 0.533. The van der Waals surface area contributed by atoms with Gasteiger partial charge in [-0.15, -0.1) is 0 Å². The molecule has 0 fully saturated rings. The van der Waals surface area contributed by atoms with Gasteiger partial charge in [-0.1, -0.05) is 26.0 Å². The maximum absolute atomic E-state index is 11.5. The molecule has 1 atom stereocenters. The summed E-state index contributed by atoms with van der Waals surface area (Å²) in [5.41, 5.74) is 6.71. The Morgan fingerprint density at radius 2 is 1.89 bits per heavy atom. The Morgan fingerprint density at radius 3 is 2.42 bits per heavy atom. The molecule has 0 bridgehead atoms. The lowest BCUT2D eigenvalue weighted by atomic mass is 10.0. The summed E-state index contributed by atoms with van der Waals surface area (Å²) in [4.78, 5) is 11.5. The molecule has 1 amide bonds. The Bertz CT molecular complexity index is 388. The Hall–Kier alpha value is -1.55. The molecule has 0 heterocycles. The van der Waals surface area contributed by atoms with Gasteiger partial charge >= 0.3 is 0 Å². The van der Waals surface area contributed by atoms with Gasteiger partial charge in [-0.25, -0.2) is 0 Å². The zero-order chi connectivity index (χ0) is 14.3. The number of carbonyl (C=O) groups excluding carboxylic acids is 1. The Morgan fingerprint density at radius 1 is 1.26 bits per heavy atom. The summed E-state index contributed by atoms with van der Waals surface area (Å²) in [7, 11) is 0. The number of ether oxygens (including phenoxy) is 1. The predicted octanol–water partition coefficient (Wildman–Crippen LogP) is 2.04. The number of carbonyl (C=O) groups is 1. The van der Waals surface area contributed by atoms with Gasteiger partial charge in [0.1, 0.15) is 5.75 Å². The highest BCUT2D eigenvalue weighted by atomic mass is 16.5. The van der Waals surface area contributed by atoms with E-state index in [1.54, 1.807) is 0 Å². The summed E-state index contributed by atoms with van der Waals surface area (Å²) in [6, 6.07) is 8.00. The summed E-state index contributed by atoms with van der Waals surface area (Å²) >= 11 is 0. The summed E-state index contributed by atoms with van der Waals surface area (Å²) < 4.78 is 5.53. The second kappa shape index (κ2) is 7.79. The normalized spacial score (nSPS) is 12.3. The molecule has 0 saturated carbocycles. The molecule has 0 saturated heterocycles. The summed E-state index contributed by atoms with van der Waals surface area (Å²) in [5.74, 6) is 1.28. The molecule has 0 radical (unpaired) electrons. The fourth-order valence-corrected chi connectivity index (χ4v) is 1.62. The van der Waals surface area contributed by atoms with E-state index in [1.807, 2.05) is 19.1 Å². The average Bonchev–Trinajstić information content (AvgIpc) is 2.39. The largest absolute Gasteiger partial charge is 0.493 e. The van der Waals surface area contributed by atoms with Crippen LogP contribution in [0, 0.1) is 0 Å². The van der Waals surface area contributed by atoms with Crippen molar-refractivity contribution in [2.75, 3.05) is 13.2 Å². The minimum Gasteiger partial charge on any atom is -0.493 e. The lowest BCUT2D eigenvalue weighted by Crippen LogP contribution is -2.38. The van der Waals surface area contributed by atoms with E-state index >= 15 is 0 Å². The van der Waals surface area contributed by atoms with Crippen LogP contribution in [0.3, 0.4) is 0 Å². The molecule has 19 heavy (non-hydrogen) atoms. The first-order chi connectivity index (χ1) is 9.02. The molecule has 106 valence electrons. The number of hydrogen-bond donors (Lipinski definition) is 2. The van der Waals surface area contributed by atoms with Crippen molar-refractivity contribution in [2.45, 2.75) is 39.2 Å². The molecule has 0 aliphatic rings. The van der Waals surface area contributed by atoms with Crippen molar-refractivity contribution in [1.82, 2.24) is 5.32 Å². The molecule has 4 heteroatoms. The zero-order valence-electron chi connectivity index (χ0n) is 12.0. The number of nitrogens with one attached hydrogen (secondary N) is 1. The van der Waals surface area contributed by atoms with Crippen LogP contribution in [0.5, 0.6) is 5.75 Å². The van der Waals surface area contributed by atoms with E-state index in [0.717, 1.165) is 5.75 Å². The highest BCUT2D eigenvalue weighted by Crippen LogP contribution is 2.18. The lowest BCUT2D eigenvalue weighted by molar-refractivity contribution is -0.122. The maximum atomic E-state index is 11.5. The van der Waals surface area contributed by atoms with Crippen LogP contribution in [-0.2, 0) is 4.79 Å². The molecule has 3 N–H and O–H groups in total. The van der Waals surface area contributed by atoms with Crippen LogP contribution in [0.1, 0.15) is 38.7 Å². The molecule has 4 nitrogen and oxygen atoms in total. The Balaban J connectivity index is 2.31. The van der Waals surface area contributed by atoms with Crippen LogP contribution in [-0.4, -0.2) is 25.1 Å². The van der Waals surface area contributed by atoms with Crippen LogP contribution in [0.2, 0.25) is 0 Å². The van der Waals surface area contributed by atoms with Crippen molar-refractivity contribution in [3.8, 4) is 5.75 Å². The van der Waals surface area contributed by atoms with E-state index in [4.69, 9.17) is 10.5 Å². The van der Waals surface area contributed by atoms with E-state index in [9.17, 15) is 4.79 Å². The van der Waals surface area contributed by atoms with Gasteiger partial charge in [-0.2, -0.15) is 0 Å². The highest BCUT2D eigenvalue weighted by Gasteiger charge is 2.06. The first-order valence-electron chi connectivity index (χ1n) is 6.75. The molecular formula is C15H24N2O2. The average molecular weight is 264 g/mol. The number of rotatable bonds is 7. The van der Waals surface area contributed by atoms with Crippen molar-refractivity contribution in [3.05, 3.63) is 29.8 Å². The Labute approximate surface area is 115 Å². The van der Waals surface area contributed by atoms with E-state index in [2.05, 4.69) is 31.3 Å². The monoisotopic (exact) mass is 264 g/mol. The summed E-state index contributed by atoms with van der Waals surface area (Å²) in [5, 5.41) is 2.80. The number of amides is 1. The van der Waals surface area contributed by atoms with E-state index in [0.29, 0.717) is 25.5 Å². The van der Waals surface area contributed by atoms with Crippen LogP contribution < -0.4 is 15.8 Å². The van der Waals surface area contributed by atoms with Gasteiger partial charge in [0.05, 0.1) is 13.0 Å². The lowest BCUT2D eigenvalue weighted by Gasteiger charge is -2.12. The van der Waals surface area contributed by atoms with Crippen molar-refractivity contribution >= 4 is 5.91 Å². The second-order valence-corrected chi connectivity index (χ2v) is 5.03. The molecular weight excluding hydrogens is 240 g/mol. The predicted molar refractivity (Wildman–Crippen MR) is 77.3 cm³/mol. The summed E-state index contributed by atoms with van der Waals surface area (Å²) in [6.45, 7) is 7.01. The third-order valence-electron chi connectivity index (χ3n) is 2.91. The number of benzene rings is 1. The van der Waals surface area contributed by atoms with E-state index < -0.39 is 0 Å². The van der Waals surface area contributed by atoms with Gasteiger partial charge in [-0.3, -0.25) is 4.79 Å². The standard InChI is InChI=1S/C15H24N2O2/c1-11(2)13-4-6-14(7-5-13)19-9-8-15(18)17-12(3)10-16/h4-7,11-12H,8-10,16H2,1-3H3,(H,17,18). The molecule has 0 aromatic heterocycles.